The Hall–Kier alpha value is -3.00. The second kappa shape index (κ2) is 10.5. The molecule has 0 aliphatic rings. The molecule has 4 aromatic carbocycles. The summed E-state index contributed by atoms with van der Waals surface area (Å²) in [5, 5.41) is 7.80. The molecule has 1 heterocycles. The number of rotatable bonds is 6. The van der Waals surface area contributed by atoms with Crippen LogP contribution in [0.25, 0.3) is 21.7 Å². The van der Waals surface area contributed by atoms with E-state index in [4.69, 9.17) is 16.3 Å². The summed E-state index contributed by atoms with van der Waals surface area (Å²) in [7, 11) is 0. The number of nitrogens with zero attached hydrogens (tertiary/aromatic N) is 3. The van der Waals surface area contributed by atoms with Crippen LogP contribution in [0, 0.1) is 0 Å². The van der Waals surface area contributed by atoms with Gasteiger partial charge in [0.15, 0.2) is 0 Å². The Bertz CT molecular complexity index is 1690. The van der Waals surface area contributed by atoms with Gasteiger partial charge in [0.25, 0.3) is 5.56 Å². The van der Waals surface area contributed by atoms with E-state index in [2.05, 4.69) is 60.1 Å². The van der Waals surface area contributed by atoms with E-state index in [9.17, 15) is 4.79 Å². The second-order valence-corrected chi connectivity index (χ2v) is 10.3. The lowest BCUT2D eigenvalue weighted by Gasteiger charge is -2.14. The maximum atomic E-state index is 13.3. The van der Waals surface area contributed by atoms with Gasteiger partial charge >= 0.3 is 0 Å². The maximum Gasteiger partial charge on any atom is 0.282 e. The highest BCUT2D eigenvalue weighted by molar-refractivity contribution is 9.10. The first-order valence-electron chi connectivity index (χ1n) is 11.3. The predicted octanol–water partition coefficient (Wildman–Crippen LogP) is 7.75. The zero-order valence-electron chi connectivity index (χ0n) is 19.2. The molecular weight excluding hydrogens is 606 g/mol. The van der Waals surface area contributed by atoms with Gasteiger partial charge in [-0.25, -0.2) is 4.98 Å². The summed E-state index contributed by atoms with van der Waals surface area (Å²) in [6.45, 7) is 2.29. The van der Waals surface area contributed by atoms with Crippen LogP contribution in [-0.2, 0) is 13.0 Å². The third kappa shape index (κ3) is 4.96. The number of aryl methyl sites for hydroxylation is 1. The van der Waals surface area contributed by atoms with Crippen LogP contribution < -0.4 is 10.3 Å². The number of halogens is 3. The zero-order valence-corrected chi connectivity index (χ0v) is 23.1. The van der Waals surface area contributed by atoms with Gasteiger partial charge in [-0.1, -0.05) is 76.9 Å². The molecule has 0 amide bonds. The molecule has 36 heavy (non-hydrogen) atoms. The van der Waals surface area contributed by atoms with Crippen LogP contribution in [0.4, 0.5) is 0 Å². The highest BCUT2D eigenvalue weighted by Gasteiger charge is 2.13. The van der Waals surface area contributed by atoms with E-state index in [0.717, 1.165) is 20.8 Å². The Morgan fingerprint density at radius 1 is 1.03 bits per heavy atom. The fourth-order valence-corrected chi connectivity index (χ4v) is 5.37. The van der Waals surface area contributed by atoms with Crippen molar-refractivity contribution < 1.29 is 4.74 Å². The van der Waals surface area contributed by atoms with Crippen LogP contribution in [0.3, 0.4) is 0 Å². The Morgan fingerprint density at radius 2 is 1.83 bits per heavy atom. The van der Waals surface area contributed by atoms with Crippen molar-refractivity contribution in [1.29, 1.82) is 0 Å². The maximum absolute atomic E-state index is 13.3. The summed E-state index contributed by atoms with van der Waals surface area (Å²) in [6, 6.07) is 23.3. The zero-order chi connectivity index (χ0) is 25.2. The SMILES string of the molecule is CCc1nc2ccc(Br)cc2c(=O)n1N=Cc1cc(Cl)cc(Br)c1OCc1cccc2ccccc12. The van der Waals surface area contributed by atoms with Gasteiger partial charge in [-0.2, -0.15) is 9.78 Å². The second-order valence-electron chi connectivity index (χ2n) is 8.14. The van der Waals surface area contributed by atoms with Crippen LogP contribution in [0.1, 0.15) is 23.9 Å². The monoisotopic (exact) mass is 623 g/mol. The molecule has 0 atom stereocenters. The molecule has 8 heteroatoms. The van der Waals surface area contributed by atoms with Gasteiger partial charge in [0.2, 0.25) is 0 Å². The van der Waals surface area contributed by atoms with Crippen molar-refractivity contribution in [2.75, 3.05) is 0 Å². The Balaban J connectivity index is 1.54. The van der Waals surface area contributed by atoms with E-state index in [1.165, 1.54) is 4.68 Å². The molecule has 0 aliphatic carbocycles. The van der Waals surface area contributed by atoms with Crippen molar-refractivity contribution in [1.82, 2.24) is 9.66 Å². The number of hydrogen-bond acceptors (Lipinski definition) is 4. The van der Waals surface area contributed by atoms with Crippen LogP contribution in [0.2, 0.25) is 5.02 Å². The molecule has 0 radical (unpaired) electrons. The van der Waals surface area contributed by atoms with Crippen molar-refractivity contribution in [3.05, 3.63) is 114 Å². The molecule has 0 saturated heterocycles. The normalized spacial score (nSPS) is 11.6. The summed E-state index contributed by atoms with van der Waals surface area (Å²) in [5.74, 6) is 1.14. The molecule has 0 aliphatic heterocycles. The molecule has 1 aromatic heterocycles. The molecule has 0 unspecified atom stereocenters. The van der Waals surface area contributed by atoms with Gasteiger partial charge in [0.05, 0.1) is 21.6 Å². The Labute approximate surface area is 229 Å². The van der Waals surface area contributed by atoms with E-state index in [1.807, 2.05) is 43.3 Å². The third-order valence-electron chi connectivity index (χ3n) is 5.79. The van der Waals surface area contributed by atoms with Gasteiger partial charge in [-0.05, 0) is 62.6 Å². The average molecular weight is 626 g/mol. The number of hydrogen-bond donors (Lipinski definition) is 0. The molecule has 5 rings (SSSR count). The largest absolute Gasteiger partial charge is 0.487 e. The minimum atomic E-state index is -0.242. The highest BCUT2D eigenvalue weighted by Crippen LogP contribution is 2.33. The van der Waals surface area contributed by atoms with Gasteiger partial charge in [0, 0.05) is 21.5 Å². The van der Waals surface area contributed by atoms with Crippen molar-refractivity contribution in [3.8, 4) is 5.75 Å². The first kappa shape index (κ1) is 24.7. The highest BCUT2D eigenvalue weighted by atomic mass is 79.9. The summed E-state index contributed by atoms with van der Waals surface area (Å²) in [4.78, 5) is 17.9. The fraction of sp³-hybridized carbons (Fsp3) is 0.107. The van der Waals surface area contributed by atoms with Crippen molar-refractivity contribution in [2.45, 2.75) is 20.0 Å². The molecule has 0 bridgehead atoms. The number of fused-ring (bicyclic) bond motifs is 2. The lowest BCUT2D eigenvalue weighted by Crippen LogP contribution is -2.22. The van der Waals surface area contributed by atoms with Gasteiger partial charge in [-0.15, -0.1) is 0 Å². The fourth-order valence-electron chi connectivity index (χ4n) is 4.06. The summed E-state index contributed by atoms with van der Waals surface area (Å²) >= 11 is 13.4. The number of benzene rings is 4. The van der Waals surface area contributed by atoms with Gasteiger partial charge in [0.1, 0.15) is 18.2 Å². The molecule has 0 N–H and O–H groups in total. The van der Waals surface area contributed by atoms with Crippen molar-refractivity contribution >= 4 is 71.4 Å². The molecule has 0 fully saturated rings. The lowest BCUT2D eigenvalue weighted by molar-refractivity contribution is 0.305. The van der Waals surface area contributed by atoms with E-state index in [1.54, 1.807) is 24.4 Å². The minimum absolute atomic E-state index is 0.242. The smallest absolute Gasteiger partial charge is 0.282 e. The van der Waals surface area contributed by atoms with E-state index >= 15 is 0 Å². The summed E-state index contributed by atoms with van der Waals surface area (Å²) in [5.41, 5.74) is 2.09. The van der Waals surface area contributed by atoms with E-state index in [0.29, 0.717) is 50.6 Å². The average Bonchev–Trinajstić information content (AvgIpc) is 2.87. The first-order chi connectivity index (χ1) is 17.4. The Morgan fingerprint density at radius 3 is 2.67 bits per heavy atom. The quantitative estimate of drug-likeness (QED) is 0.181. The number of ether oxygens (including phenoxy) is 1. The molecule has 0 saturated carbocycles. The molecular formula is C28H20Br2ClN3O2. The van der Waals surface area contributed by atoms with E-state index < -0.39 is 0 Å². The van der Waals surface area contributed by atoms with Crippen LogP contribution in [0.15, 0.2) is 91.6 Å². The Kier molecular flexibility index (Phi) is 7.23. The molecule has 5 nitrogen and oxygen atoms in total. The third-order valence-corrected chi connectivity index (χ3v) is 7.09. The van der Waals surface area contributed by atoms with E-state index in [-0.39, 0.29) is 5.56 Å². The van der Waals surface area contributed by atoms with Crippen molar-refractivity contribution in [3.63, 3.8) is 0 Å². The minimum Gasteiger partial charge on any atom is -0.487 e. The van der Waals surface area contributed by atoms with Crippen molar-refractivity contribution in [2.24, 2.45) is 5.10 Å². The predicted molar refractivity (Wildman–Crippen MR) is 154 cm³/mol. The van der Waals surface area contributed by atoms with Gasteiger partial charge < -0.3 is 4.74 Å². The first-order valence-corrected chi connectivity index (χ1v) is 13.2. The summed E-state index contributed by atoms with van der Waals surface area (Å²) < 4.78 is 9.10. The van der Waals surface area contributed by atoms with Crippen LogP contribution in [0.5, 0.6) is 5.75 Å². The molecule has 180 valence electrons. The number of aromatic nitrogens is 2. The standard InChI is InChI=1S/C28H20Br2ClN3O2/c1-2-26-33-25-11-10-20(29)13-23(25)28(35)34(26)32-15-19-12-21(31)14-24(30)27(19)36-16-18-8-5-7-17-6-3-4-9-22(17)18/h3-15H,2,16H2,1H3. The lowest BCUT2D eigenvalue weighted by atomic mass is 10.1. The topological polar surface area (TPSA) is 56.5 Å². The van der Waals surface area contributed by atoms with Gasteiger partial charge in [-0.3, -0.25) is 4.79 Å². The summed E-state index contributed by atoms with van der Waals surface area (Å²) in [6.07, 6.45) is 2.13. The van der Waals surface area contributed by atoms with Crippen LogP contribution >= 0.6 is 43.5 Å². The van der Waals surface area contributed by atoms with Crippen LogP contribution in [-0.4, -0.2) is 15.9 Å². The molecule has 5 aromatic rings. The molecule has 0 spiro atoms.